The maximum atomic E-state index is 15.0. The Balaban J connectivity index is 1.43. The van der Waals surface area contributed by atoms with Gasteiger partial charge >= 0.3 is 0 Å². The molecular formula is C24H15FN8. The van der Waals surface area contributed by atoms with Gasteiger partial charge in [0.05, 0.1) is 52.4 Å². The quantitative estimate of drug-likeness (QED) is 0.448. The molecule has 9 heteroatoms. The van der Waals surface area contributed by atoms with Crippen molar-refractivity contribution in [3.8, 4) is 23.0 Å². The van der Waals surface area contributed by atoms with Crippen LogP contribution in [0.15, 0.2) is 73.2 Å². The fraction of sp³-hybridized carbons (Fsp3) is 0.0417. The SMILES string of the molecule is N#Cc1ccc(Cn2nccc2-c2cc(F)c3nnn(-c4ccc5nc[nH]c5c4)c3c2)cc1. The summed E-state index contributed by atoms with van der Waals surface area (Å²) in [7, 11) is 0. The molecule has 0 saturated carbocycles. The minimum Gasteiger partial charge on any atom is -0.345 e. The van der Waals surface area contributed by atoms with Crippen LogP contribution in [0.1, 0.15) is 11.1 Å². The highest BCUT2D eigenvalue weighted by atomic mass is 19.1. The van der Waals surface area contributed by atoms with Gasteiger partial charge in [0, 0.05) is 11.8 Å². The van der Waals surface area contributed by atoms with Crippen molar-refractivity contribution in [1.82, 2.24) is 34.7 Å². The Labute approximate surface area is 186 Å². The van der Waals surface area contributed by atoms with E-state index in [0.717, 1.165) is 28.0 Å². The number of halogens is 1. The van der Waals surface area contributed by atoms with Crippen LogP contribution in [0.4, 0.5) is 4.39 Å². The zero-order valence-corrected chi connectivity index (χ0v) is 17.1. The highest BCUT2D eigenvalue weighted by Crippen LogP contribution is 2.28. The third kappa shape index (κ3) is 3.21. The van der Waals surface area contributed by atoms with Crippen molar-refractivity contribution in [2.75, 3.05) is 0 Å². The number of nitriles is 1. The van der Waals surface area contributed by atoms with Crippen LogP contribution in [0.5, 0.6) is 0 Å². The van der Waals surface area contributed by atoms with E-state index in [-0.39, 0.29) is 5.52 Å². The number of aromatic amines is 1. The van der Waals surface area contributed by atoms with Crippen LogP contribution in [0.2, 0.25) is 0 Å². The van der Waals surface area contributed by atoms with Gasteiger partial charge < -0.3 is 4.98 Å². The van der Waals surface area contributed by atoms with Crippen LogP contribution in [0.25, 0.3) is 39.0 Å². The van der Waals surface area contributed by atoms with E-state index in [1.54, 1.807) is 34.0 Å². The number of nitrogens with one attached hydrogen (secondary N) is 1. The molecule has 0 spiro atoms. The average molecular weight is 434 g/mol. The summed E-state index contributed by atoms with van der Waals surface area (Å²) in [5.74, 6) is -0.456. The molecule has 0 aliphatic heterocycles. The Bertz CT molecular complexity index is 1670. The van der Waals surface area contributed by atoms with Gasteiger partial charge in [-0.2, -0.15) is 10.4 Å². The van der Waals surface area contributed by atoms with Crippen molar-refractivity contribution in [2.45, 2.75) is 6.54 Å². The third-order valence-electron chi connectivity index (χ3n) is 5.58. The van der Waals surface area contributed by atoms with Crippen LogP contribution in [-0.2, 0) is 6.54 Å². The molecule has 158 valence electrons. The Morgan fingerprint density at radius 2 is 1.91 bits per heavy atom. The highest BCUT2D eigenvalue weighted by Gasteiger charge is 2.16. The molecule has 3 aromatic heterocycles. The highest BCUT2D eigenvalue weighted by molar-refractivity contribution is 5.84. The molecule has 0 aliphatic rings. The summed E-state index contributed by atoms with van der Waals surface area (Å²) >= 11 is 0. The van der Waals surface area contributed by atoms with Gasteiger partial charge in [-0.3, -0.25) is 4.68 Å². The van der Waals surface area contributed by atoms with Gasteiger partial charge in [0.15, 0.2) is 5.82 Å². The zero-order chi connectivity index (χ0) is 22.4. The molecule has 0 unspecified atom stereocenters. The average Bonchev–Trinajstić information content (AvgIpc) is 3.58. The molecule has 0 fully saturated rings. The number of rotatable bonds is 4. The van der Waals surface area contributed by atoms with E-state index in [4.69, 9.17) is 5.26 Å². The monoisotopic (exact) mass is 434 g/mol. The molecule has 8 nitrogen and oxygen atoms in total. The minimum absolute atomic E-state index is 0.196. The van der Waals surface area contributed by atoms with E-state index < -0.39 is 5.82 Å². The molecule has 0 bridgehead atoms. The number of nitrogens with zero attached hydrogens (tertiary/aromatic N) is 7. The van der Waals surface area contributed by atoms with Crippen LogP contribution in [0, 0.1) is 17.1 Å². The number of imidazole rings is 1. The van der Waals surface area contributed by atoms with Crippen molar-refractivity contribution < 1.29 is 4.39 Å². The summed E-state index contributed by atoms with van der Waals surface area (Å²) < 4.78 is 18.4. The first kappa shape index (κ1) is 18.9. The summed E-state index contributed by atoms with van der Waals surface area (Å²) in [5, 5.41) is 21.7. The maximum absolute atomic E-state index is 15.0. The van der Waals surface area contributed by atoms with Crippen molar-refractivity contribution in [2.24, 2.45) is 0 Å². The Morgan fingerprint density at radius 3 is 2.76 bits per heavy atom. The summed E-state index contributed by atoms with van der Waals surface area (Å²) in [6.07, 6.45) is 3.31. The second-order valence-electron chi connectivity index (χ2n) is 7.61. The Hall–Kier alpha value is -4.84. The number of hydrogen-bond donors (Lipinski definition) is 1. The van der Waals surface area contributed by atoms with E-state index in [1.165, 1.54) is 6.07 Å². The molecule has 6 rings (SSSR count). The number of hydrogen-bond acceptors (Lipinski definition) is 5. The molecule has 0 saturated heterocycles. The minimum atomic E-state index is -0.456. The Kier molecular flexibility index (Phi) is 4.23. The molecule has 3 heterocycles. The predicted octanol–water partition coefficient (Wildman–Crippen LogP) is 4.22. The first-order chi connectivity index (χ1) is 16.2. The lowest BCUT2D eigenvalue weighted by Crippen LogP contribution is -2.04. The largest absolute Gasteiger partial charge is 0.345 e. The lowest BCUT2D eigenvalue weighted by atomic mass is 10.1. The van der Waals surface area contributed by atoms with Crippen LogP contribution in [-0.4, -0.2) is 34.7 Å². The standard InChI is InChI=1S/C24H15FN8/c25-19-9-17(22-7-8-29-32(22)13-16-3-1-15(12-26)2-4-16)10-23-24(19)30-31-33(23)18-5-6-20-21(11-18)28-14-27-20/h1-11,14H,13H2,(H,27,28). The third-order valence-corrected chi connectivity index (χ3v) is 5.58. The van der Waals surface area contributed by atoms with Gasteiger partial charge in [-0.25, -0.2) is 14.1 Å². The number of fused-ring (bicyclic) bond motifs is 2. The second-order valence-corrected chi connectivity index (χ2v) is 7.61. The molecule has 6 aromatic rings. The zero-order valence-electron chi connectivity index (χ0n) is 17.1. The van der Waals surface area contributed by atoms with Crippen molar-refractivity contribution in [3.05, 3.63) is 90.1 Å². The van der Waals surface area contributed by atoms with Crippen LogP contribution in [0.3, 0.4) is 0 Å². The fourth-order valence-corrected chi connectivity index (χ4v) is 3.94. The van der Waals surface area contributed by atoms with E-state index in [0.29, 0.717) is 23.2 Å². The fourth-order valence-electron chi connectivity index (χ4n) is 3.94. The molecule has 3 aromatic carbocycles. The summed E-state index contributed by atoms with van der Waals surface area (Å²) in [5.41, 5.74) is 6.19. The smallest absolute Gasteiger partial charge is 0.153 e. The summed E-state index contributed by atoms with van der Waals surface area (Å²) in [6.45, 7) is 0.488. The van der Waals surface area contributed by atoms with Crippen molar-refractivity contribution >= 4 is 22.1 Å². The van der Waals surface area contributed by atoms with Gasteiger partial charge in [0.1, 0.15) is 5.52 Å². The molecule has 1 N–H and O–H groups in total. The topological polar surface area (TPSA) is 101 Å². The van der Waals surface area contributed by atoms with E-state index in [2.05, 4.69) is 31.4 Å². The number of aromatic nitrogens is 7. The van der Waals surface area contributed by atoms with E-state index >= 15 is 4.39 Å². The number of H-pyrrole nitrogens is 1. The molecule has 0 aliphatic carbocycles. The van der Waals surface area contributed by atoms with Gasteiger partial charge in [0.25, 0.3) is 0 Å². The van der Waals surface area contributed by atoms with Gasteiger partial charge in [-0.15, -0.1) is 5.10 Å². The van der Waals surface area contributed by atoms with E-state index in [1.807, 2.05) is 42.5 Å². The van der Waals surface area contributed by atoms with Gasteiger partial charge in [-0.05, 0) is 54.1 Å². The van der Waals surface area contributed by atoms with Crippen LogP contribution >= 0.6 is 0 Å². The summed E-state index contributed by atoms with van der Waals surface area (Å²) in [4.78, 5) is 7.31. The van der Waals surface area contributed by atoms with Gasteiger partial charge in [-0.1, -0.05) is 17.3 Å². The first-order valence-corrected chi connectivity index (χ1v) is 10.2. The molecule has 0 radical (unpaired) electrons. The molecular weight excluding hydrogens is 419 g/mol. The van der Waals surface area contributed by atoms with Crippen molar-refractivity contribution in [1.29, 1.82) is 5.26 Å². The summed E-state index contributed by atoms with van der Waals surface area (Å²) in [6, 6.07) is 20.2. The second kappa shape index (κ2) is 7.39. The maximum Gasteiger partial charge on any atom is 0.153 e. The normalized spacial score (nSPS) is 11.3. The lowest BCUT2D eigenvalue weighted by molar-refractivity contribution is 0.635. The molecule has 33 heavy (non-hydrogen) atoms. The van der Waals surface area contributed by atoms with Crippen LogP contribution < -0.4 is 0 Å². The van der Waals surface area contributed by atoms with E-state index in [9.17, 15) is 0 Å². The van der Waals surface area contributed by atoms with Crippen molar-refractivity contribution in [3.63, 3.8) is 0 Å². The predicted molar refractivity (Wildman–Crippen MR) is 120 cm³/mol. The Morgan fingerprint density at radius 1 is 1.03 bits per heavy atom. The first-order valence-electron chi connectivity index (χ1n) is 10.2. The lowest BCUT2D eigenvalue weighted by Gasteiger charge is -2.09. The molecule has 0 atom stereocenters. The molecule has 0 amide bonds. The number of benzene rings is 3. The van der Waals surface area contributed by atoms with Gasteiger partial charge in [0.2, 0.25) is 0 Å².